The Morgan fingerprint density at radius 1 is 0.342 bits per heavy atom. The number of aromatic nitrogens is 13. The molecule has 17 aromatic rings. The molecule has 40 heteroatoms. The van der Waals surface area contributed by atoms with Gasteiger partial charge in [0.25, 0.3) is 0 Å². The summed E-state index contributed by atoms with van der Waals surface area (Å²) in [5.74, 6) is 0.980. The normalized spacial score (nSPS) is 12.5. The highest BCUT2D eigenvalue weighted by Gasteiger charge is 2.24. The lowest BCUT2D eigenvalue weighted by atomic mass is 10.1. The Balaban J connectivity index is 0.000000142. The number of aryl methyl sites for hydroxylation is 1. The molecule has 37 nitrogen and oxygen atoms in total. The number of hydrazone groups is 4. The van der Waals surface area contributed by atoms with Gasteiger partial charge >= 0.3 is 0 Å². The minimum atomic E-state index is -0.667. The van der Waals surface area contributed by atoms with Gasteiger partial charge in [0, 0.05) is 118 Å². The molecule has 752 valence electrons. The van der Waals surface area contributed by atoms with Crippen molar-refractivity contribution in [2.45, 2.75) is 13.8 Å². The number of anilines is 15. The lowest BCUT2D eigenvalue weighted by Crippen LogP contribution is -2.47. The molecule has 0 bridgehead atoms. The van der Waals surface area contributed by atoms with Gasteiger partial charge < -0.3 is 67.0 Å². The lowest BCUT2D eigenvalue weighted by molar-refractivity contribution is -0.115. The van der Waals surface area contributed by atoms with Gasteiger partial charge in [-0.15, -0.1) is 0 Å². The summed E-state index contributed by atoms with van der Waals surface area (Å²) < 4.78 is 42.2. The fourth-order valence-corrected chi connectivity index (χ4v) is 15.2. The number of carbonyl (C=O) groups is 1. The number of phenolic OH excluding ortho intramolecular Hbond substituents is 4. The minimum Gasteiger partial charge on any atom is -0.508 e. The molecule has 0 unspecified atom stereocenters. The van der Waals surface area contributed by atoms with Gasteiger partial charge in [-0.1, -0.05) is 97.1 Å². The number of hydrogen-bond acceptors (Lipinski definition) is 37. The maximum Gasteiger partial charge on any atom is 0.245 e. The predicted molar refractivity (Wildman–Crippen MR) is 576 cm³/mol. The van der Waals surface area contributed by atoms with Crippen LogP contribution in [0, 0.1) is 24.4 Å². The molecule has 0 spiro atoms. The number of aromatic hydroxyl groups is 4. The SMILES string of the molecule is CC(=O)CNc1nc(N/N=C/c2ccc(Nc3ccc(-c4cccc(O)c4)cc3)cn2)ncc1F.Cc1cc(N2CCN(CCO)CC2)nc(N/N=C/c2ccc(Nc3ccc(-c4cccc(O)c4)cc3)cn2)n1.OCCN1CCN(c2nc(N/N=C/c3ccc(Nc4ccc(-c5cccc(O)c5)cc4)cn3)ncc2F)CC1.Oc1cccc(-c2ccc(Nc3ccc(/C=N/Nc4ncc(F)c(-c5ccncc5)n4)nc3)cc2)c1. The van der Waals surface area contributed by atoms with Gasteiger partial charge in [0.05, 0.1) is 134 Å². The van der Waals surface area contributed by atoms with Gasteiger partial charge in [0.2, 0.25) is 23.8 Å². The second-order valence-corrected chi connectivity index (χ2v) is 33.6. The summed E-state index contributed by atoms with van der Waals surface area (Å²) in [4.78, 5) is 74.2. The minimum absolute atomic E-state index is 0.0390. The molecule has 149 heavy (non-hydrogen) atoms. The van der Waals surface area contributed by atoms with Crippen molar-refractivity contribution < 1.29 is 48.6 Å². The number of hydrogen-bond donors (Lipinski definition) is 15. The van der Waals surface area contributed by atoms with E-state index in [4.69, 9.17) is 10.2 Å². The summed E-state index contributed by atoms with van der Waals surface area (Å²) in [6.45, 7) is 11.1. The van der Waals surface area contributed by atoms with Crippen LogP contribution in [0.1, 0.15) is 35.4 Å². The van der Waals surface area contributed by atoms with Gasteiger partial charge in [0.15, 0.2) is 29.1 Å². The van der Waals surface area contributed by atoms with Crippen LogP contribution >= 0.6 is 0 Å². The number of rotatable bonds is 34. The third kappa shape index (κ3) is 30.9. The number of halogens is 3. The number of pyridine rings is 5. The molecule has 2 fully saturated rings. The second kappa shape index (κ2) is 51.7. The largest absolute Gasteiger partial charge is 0.508 e. The summed E-state index contributed by atoms with van der Waals surface area (Å²) in [7, 11) is 0. The molecule has 11 heterocycles. The van der Waals surface area contributed by atoms with Crippen LogP contribution in [0.4, 0.5) is 99.9 Å². The monoisotopic (exact) mass is 2000 g/mol. The molecular formula is C109H103F3N30O7. The average Bonchev–Trinajstić information content (AvgIpc) is 0.871. The number of β-amino-alcohol motifs (C(OH)–C–C–N with tert-alkyl or cyclic N) is 2. The summed E-state index contributed by atoms with van der Waals surface area (Å²) >= 11 is 0. The lowest BCUT2D eigenvalue weighted by Gasteiger charge is -2.35. The first-order valence-electron chi connectivity index (χ1n) is 47.1. The molecule has 19 rings (SSSR count). The van der Waals surface area contributed by atoms with E-state index in [9.17, 15) is 38.4 Å². The van der Waals surface area contributed by atoms with Crippen molar-refractivity contribution in [1.29, 1.82) is 0 Å². The van der Waals surface area contributed by atoms with Gasteiger partial charge in [-0.3, -0.25) is 39.5 Å². The highest BCUT2D eigenvalue weighted by molar-refractivity contribution is 5.83. The number of ketones is 1. The van der Waals surface area contributed by atoms with E-state index < -0.39 is 17.5 Å². The van der Waals surface area contributed by atoms with Crippen molar-refractivity contribution >= 4 is 117 Å². The first-order chi connectivity index (χ1) is 72.7. The number of benzene rings is 8. The van der Waals surface area contributed by atoms with Crippen LogP contribution in [0.25, 0.3) is 55.8 Å². The Labute approximate surface area is 854 Å². The van der Waals surface area contributed by atoms with Crippen LogP contribution in [-0.2, 0) is 4.79 Å². The van der Waals surface area contributed by atoms with E-state index in [1.807, 2.05) is 200 Å². The van der Waals surface area contributed by atoms with Crippen molar-refractivity contribution in [2.24, 2.45) is 20.4 Å². The highest BCUT2D eigenvalue weighted by Crippen LogP contribution is 2.33. The zero-order chi connectivity index (χ0) is 103. The Bertz CT molecular complexity index is 7400. The molecule has 0 aliphatic carbocycles. The van der Waals surface area contributed by atoms with Crippen molar-refractivity contribution in [3.63, 3.8) is 0 Å². The summed E-state index contributed by atoms with van der Waals surface area (Å²) in [5, 5.41) is 89.3. The fourth-order valence-electron chi connectivity index (χ4n) is 15.2. The van der Waals surface area contributed by atoms with Crippen LogP contribution < -0.4 is 58.1 Å². The number of nitrogens with zero attached hydrogens (tertiary/aromatic N) is 21. The van der Waals surface area contributed by atoms with E-state index in [0.29, 0.717) is 60.5 Å². The van der Waals surface area contributed by atoms with E-state index in [2.05, 4.69) is 148 Å². The quantitative estimate of drug-likeness (QED) is 0.0132. The van der Waals surface area contributed by atoms with Crippen LogP contribution in [0.3, 0.4) is 0 Å². The van der Waals surface area contributed by atoms with E-state index in [1.165, 1.54) is 25.6 Å². The molecule has 15 N–H and O–H groups in total. The third-order valence-corrected chi connectivity index (χ3v) is 22.7. The molecule has 9 aromatic heterocycles. The Kier molecular flexibility index (Phi) is 35.6. The molecular weight excluding hydrogens is 1900 g/mol. The zero-order valence-electron chi connectivity index (χ0n) is 80.6. The Morgan fingerprint density at radius 2 is 0.685 bits per heavy atom. The van der Waals surface area contributed by atoms with E-state index in [0.717, 1.165) is 159 Å². The summed E-state index contributed by atoms with van der Waals surface area (Å²) in [6.07, 6.45) is 19.3. The van der Waals surface area contributed by atoms with Gasteiger partial charge in [-0.2, -0.15) is 35.4 Å². The van der Waals surface area contributed by atoms with E-state index >= 15 is 0 Å². The molecule has 2 aliphatic rings. The van der Waals surface area contributed by atoms with Crippen LogP contribution in [0.5, 0.6) is 23.0 Å². The molecule has 2 saturated heterocycles. The van der Waals surface area contributed by atoms with Gasteiger partial charge in [-0.25, -0.2) is 59.8 Å². The standard InChI is InChI=1S/C29H32N8O2.C28H29FN8O2.C27H20FN7O.C25H22FN7O2/c1-21-17-28(37-13-11-36(12-14-37)15-16-38)34-29(32-21)35-31-20-25-9-10-26(19-30-25)33-24-7-5-22(6-8-24)23-3-2-4-27(39)18-23;29-26-19-31-28(34-27(26)37-12-10-36(11-13-37)14-15-38)35-32-18-23-8-9-24(17-30-23)33-22-6-4-20(5-7-22)21-2-1-3-25(39)16-21;28-25-17-31-27(34-26(25)19-10-12-29-13-11-19)35-32-16-22-8-9-23(15-30-22)33-21-6-4-18(5-7-21)20-2-1-3-24(36)14-20;1-16(34)12-28-24-23(26)15-29-25(32-24)33-30-14-20-9-10-21(13-27-20)31-19-7-5-17(6-8-19)18-3-2-4-22(35)11-18/h2-10,17-20,33,38-39H,11-16H2,1H3,(H,32,34,35);1-9,16-19,33,38-39H,10-15H2,(H,31,34,35);1-17,33,36H,(H,31,34,35);2-11,13-15,31,35H,12H2,1H3,(H2,28,29,32,33)/b31-20+;32-18+;32-16+;30-14+. The number of carbonyl (C=O) groups excluding carboxylic acids is 1. The molecule has 2 aliphatic heterocycles. The van der Waals surface area contributed by atoms with Crippen molar-refractivity contribution in [1.82, 2.24) is 74.6 Å². The summed E-state index contributed by atoms with van der Waals surface area (Å²) in [5.41, 5.74) is 29.8. The van der Waals surface area contributed by atoms with E-state index in [-0.39, 0.29) is 83.7 Å². The van der Waals surface area contributed by atoms with Crippen molar-refractivity contribution in [3.8, 4) is 78.8 Å². The van der Waals surface area contributed by atoms with Gasteiger partial charge in [0.1, 0.15) is 40.3 Å². The zero-order valence-corrected chi connectivity index (χ0v) is 80.6. The topological polar surface area (TPSA) is 477 Å². The van der Waals surface area contributed by atoms with Gasteiger partial charge in [-0.05, 0) is 216 Å². The average molecular weight is 2000 g/mol. The predicted octanol–water partition coefficient (Wildman–Crippen LogP) is 17.8. The third-order valence-electron chi connectivity index (χ3n) is 22.7. The number of aliphatic hydroxyl groups is 2. The first-order valence-corrected chi connectivity index (χ1v) is 47.1. The number of Topliss-reactive ketones (excluding diaryl/α,β-unsaturated/α-hetero) is 1. The number of aliphatic hydroxyl groups excluding tert-OH is 2. The number of piperazine rings is 2. The van der Waals surface area contributed by atoms with Crippen molar-refractivity contribution in [3.05, 3.63) is 363 Å². The maximum absolute atomic E-state index is 14.4. The molecule has 0 atom stereocenters. The Hall–Kier alpha value is -19.2. The summed E-state index contributed by atoms with van der Waals surface area (Å²) in [6, 6.07) is 80.3. The van der Waals surface area contributed by atoms with Crippen LogP contribution in [-0.4, -0.2) is 221 Å². The van der Waals surface area contributed by atoms with Crippen LogP contribution in [0.2, 0.25) is 0 Å². The number of nitrogens with one attached hydrogen (secondary N) is 9. The molecule has 0 amide bonds. The smallest absolute Gasteiger partial charge is 0.245 e. The maximum atomic E-state index is 14.4. The molecule has 8 aromatic carbocycles. The molecule has 0 saturated carbocycles. The Morgan fingerprint density at radius 3 is 1.04 bits per heavy atom. The first kappa shape index (κ1) is 103. The fraction of sp³-hybridized carbons (Fsp3) is 0.138. The van der Waals surface area contributed by atoms with Crippen LogP contribution in [0.15, 0.2) is 337 Å². The second-order valence-electron chi connectivity index (χ2n) is 33.6. The molecule has 0 radical (unpaired) electrons. The number of phenols is 4. The van der Waals surface area contributed by atoms with E-state index in [1.54, 1.807) is 116 Å². The highest BCUT2D eigenvalue weighted by atomic mass is 19.1. The van der Waals surface area contributed by atoms with Crippen molar-refractivity contribution in [2.75, 3.05) is 143 Å².